The molecule has 0 radical (unpaired) electrons. The maximum atomic E-state index is 14.9. The van der Waals surface area contributed by atoms with Crippen LogP contribution in [0, 0.1) is 6.92 Å². The van der Waals surface area contributed by atoms with E-state index < -0.39 is 14.7 Å². The summed E-state index contributed by atoms with van der Waals surface area (Å²) in [7, 11) is -1.06. The van der Waals surface area contributed by atoms with Crippen molar-refractivity contribution in [3.8, 4) is 11.5 Å². The number of aryl methyl sites for hydroxylation is 3. The molecular weight excluding hydrogens is 637 g/mol. The zero-order valence-corrected chi connectivity index (χ0v) is 28.4. The summed E-state index contributed by atoms with van der Waals surface area (Å²) in [6.45, 7) is 2.13. The Kier molecular flexibility index (Phi) is 8.47. The van der Waals surface area contributed by atoms with Gasteiger partial charge in [0.15, 0.2) is 10.7 Å². The number of nitrogens with two attached hydrogens (primary N) is 1. The van der Waals surface area contributed by atoms with Crippen molar-refractivity contribution in [3.63, 3.8) is 0 Å². The van der Waals surface area contributed by atoms with E-state index in [1.54, 1.807) is 44.6 Å². The predicted octanol–water partition coefficient (Wildman–Crippen LogP) is 6.23. The number of benzene rings is 4. The molecule has 4 N–H and O–H groups in total. The first-order chi connectivity index (χ1) is 23.7. The van der Waals surface area contributed by atoms with Crippen LogP contribution in [0.3, 0.4) is 0 Å². The number of hydrogen-bond donors (Lipinski definition) is 3. The van der Waals surface area contributed by atoms with Gasteiger partial charge in [-0.2, -0.15) is 0 Å². The lowest BCUT2D eigenvalue weighted by Gasteiger charge is -2.29. The van der Waals surface area contributed by atoms with Crippen LogP contribution in [-0.2, 0) is 40.5 Å². The van der Waals surface area contributed by atoms with E-state index in [9.17, 15) is 8.42 Å². The number of aromatic amines is 2. The minimum atomic E-state index is -4.25. The van der Waals surface area contributed by atoms with E-state index in [1.165, 1.54) is 0 Å². The number of H-pyrrole nitrogens is 2. The second kappa shape index (κ2) is 12.9. The molecule has 11 heteroatoms. The van der Waals surface area contributed by atoms with E-state index in [1.807, 2.05) is 78.5 Å². The Morgan fingerprint density at radius 2 is 1.43 bits per heavy atom. The molecule has 0 saturated heterocycles. The van der Waals surface area contributed by atoms with Gasteiger partial charge in [0.1, 0.15) is 17.3 Å². The molecule has 3 heterocycles. The van der Waals surface area contributed by atoms with Gasteiger partial charge < -0.3 is 29.7 Å². The fraction of sp³-hybridized carbons (Fsp3) is 0.211. The van der Waals surface area contributed by atoms with E-state index in [4.69, 9.17) is 15.2 Å². The minimum absolute atomic E-state index is 0.0481. The van der Waals surface area contributed by atoms with Crippen LogP contribution in [0.5, 0.6) is 11.5 Å². The van der Waals surface area contributed by atoms with Crippen LogP contribution in [0.15, 0.2) is 108 Å². The van der Waals surface area contributed by atoms with Crippen LogP contribution in [0.1, 0.15) is 33.9 Å². The molecule has 7 aromatic rings. The second-order valence-corrected chi connectivity index (χ2v) is 14.5. The molecule has 0 fully saturated rings. The molecule has 250 valence electrons. The quantitative estimate of drug-likeness (QED) is 0.140. The van der Waals surface area contributed by atoms with Crippen molar-refractivity contribution in [2.45, 2.75) is 42.5 Å². The van der Waals surface area contributed by atoms with Crippen LogP contribution < -0.4 is 15.2 Å². The fourth-order valence-corrected chi connectivity index (χ4v) is 8.17. The molecule has 0 amide bonds. The summed E-state index contributed by atoms with van der Waals surface area (Å²) in [6, 6.07) is 28.2. The summed E-state index contributed by atoms with van der Waals surface area (Å²) in [6.07, 6.45) is 4.91. The maximum absolute atomic E-state index is 14.9. The summed E-state index contributed by atoms with van der Waals surface area (Å²) < 4.78 is 42.8. The van der Waals surface area contributed by atoms with Crippen molar-refractivity contribution in [1.82, 2.24) is 24.7 Å². The first-order valence-corrected chi connectivity index (χ1v) is 17.5. The van der Waals surface area contributed by atoms with E-state index in [0.717, 1.165) is 44.1 Å². The highest BCUT2D eigenvalue weighted by Crippen LogP contribution is 2.37. The van der Waals surface area contributed by atoms with E-state index >= 15 is 0 Å². The number of ether oxygens (including phenoxy) is 2. The van der Waals surface area contributed by atoms with Gasteiger partial charge in [-0.25, -0.2) is 8.42 Å². The minimum Gasteiger partial charge on any atom is -0.497 e. The third-order valence-corrected chi connectivity index (χ3v) is 11.4. The molecule has 0 aliphatic rings. The lowest BCUT2D eigenvalue weighted by atomic mass is 10.0. The normalized spacial score (nSPS) is 13.1. The Morgan fingerprint density at radius 1 is 0.776 bits per heavy atom. The summed E-state index contributed by atoms with van der Waals surface area (Å²) in [5.74, 6) is 1.97. The highest BCUT2D eigenvalue weighted by atomic mass is 32.2. The molecule has 3 aromatic heterocycles. The number of nitrogens with one attached hydrogen (secondary N) is 2. The Morgan fingerprint density at radius 3 is 2.10 bits per heavy atom. The van der Waals surface area contributed by atoms with Crippen molar-refractivity contribution >= 4 is 31.6 Å². The Labute approximate surface area is 284 Å². The van der Waals surface area contributed by atoms with Crippen LogP contribution in [0.25, 0.3) is 21.8 Å². The van der Waals surface area contributed by atoms with Crippen LogP contribution >= 0.6 is 0 Å². The highest BCUT2D eigenvalue weighted by molar-refractivity contribution is 7.92. The zero-order valence-electron chi connectivity index (χ0n) is 27.6. The first-order valence-electron chi connectivity index (χ1n) is 16.1. The number of para-hydroxylation sites is 2. The fourth-order valence-electron chi connectivity index (χ4n) is 6.52. The Bertz CT molecular complexity index is 2380. The van der Waals surface area contributed by atoms with Crippen molar-refractivity contribution in [1.29, 1.82) is 0 Å². The lowest BCUT2D eigenvalue weighted by Crippen LogP contribution is -2.49. The molecule has 4 aromatic carbocycles. The summed E-state index contributed by atoms with van der Waals surface area (Å²) in [5, 5.41) is 11.3. The number of hydrogen-bond acceptors (Lipinski definition) is 7. The van der Waals surface area contributed by atoms with Gasteiger partial charge in [-0.3, -0.25) is 0 Å². The molecule has 10 nitrogen and oxygen atoms in total. The van der Waals surface area contributed by atoms with Gasteiger partial charge in [-0.05, 0) is 60.9 Å². The predicted molar refractivity (Wildman–Crippen MR) is 191 cm³/mol. The Hall–Kier alpha value is -5.39. The van der Waals surface area contributed by atoms with Gasteiger partial charge in [0.05, 0.1) is 25.7 Å². The van der Waals surface area contributed by atoms with Gasteiger partial charge >= 0.3 is 0 Å². The van der Waals surface area contributed by atoms with Crippen LogP contribution in [0.4, 0.5) is 0 Å². The highest BCUT2D eigenvalue weighted by Gasteiger charge is 2.48. The smallest absolute Gasteiger partial charge is 0.204 e. The third-order valence-electron chi connectivity index (χ3n) is 9.26. The molecule has 1 atom stereocenters. The largest absolute Gasteiger partial charge is 0.497 e. The number of aromatic nitrogens is 5. The molecule has 0 spiro atoms. The SMILES string of the molecule is COc1ccc(Cn2c(CCc3c[nH]c4ccccc34)nnc2[C@](N)(Cc2c[nH]c3ccccc23)S(=O)(=O)c2ccc(C)cc2)c(OC)c1. The van der Waals surface area contributed by atoms with E-state index in [2.05, 4.69) is 26.2 Å². The van der Waals surface area contributed by atoms with E-state index in [0.29, 0.717) is 30.2 Å². The van der Waals surface area contributed by atoms with Crippen molar-refractivity contribution in [3.05, 3.63) is 137 Å². The van der Waals surface area contributed by atoms with Gasteiger partial charge in [0.25, 0.3) is 0 Å². The number of rotatable bonds is 12. The maximum Gasteiger partial charge on any atom is 0.204 e. The van der Waals surface area contributed by atoms with Gasteiger partial charge in [0, 0.05) is 58.7 Å². The number of methoxy groups -OCH3 is 2. The summed E-state index contributed by atoms with van der Waals surface area (Å²) in [4.78, 5) is 4.72. The standard InChI is InChI=1S/C38H38N6O4S/c1-25-12-17-30(18-13-25)49(45,46)38(39,21-28-23-41-34-11-7-5-9-32(28)34)37-43-42-36(19-15-26-22-40-33-10-6-4-8-31(26)33)44(37)24-27-14-16-29(47-2)20-35(27)48-3/h4-14,16-18,20,22-23,40-41H,15,19,21,24,39H2,1-3H3/t38-/m0/s1. The molecule has 7 rings (SSSR count). The molecule has 0 aliphatic heterocycles. The van der Waals surface area contributed by atoms with Gasteiger partial charge in [0.2, 0.25) is 9.84 Å². The number of nitrogens with zero attached hydrogens (tertiary/aromatic N) is 3. The first kappa shape index (κ1) is 32.2. The van der Waals surface area contributed by atoms with Crippen molar-refractivity contribution in [2.24, 2.45) is 5.73 Å². The van der Waals surface area contributed by atoms with Gasteiger partial charge in [-0.1, -0.05) is 54.1 Å². The molecule has 0 aliphatic carbocycles. The molecule has 0 bridgehead atoms. The van der Waals surface area contributed by atoms with Crippen LogP contribution in [-0.4, -0.2) is 47.4 Å². The zero-order chi connectivity index (χ0) is 34.2. The Balaban J connectivity index is 1.39. The summed E-state index contributed by atoms with van der Waals surface area (Å²) >= 11 is 0. The lowest BCUT2D eigenvalue weighted by molar-refractivity contribution is 0.389. The summed E-state index contributed by atoms with van der Waals surface area (Å²) in [5.41, 5.74) is 12.9. The molecule has 0 saturated carbocycles. The second-order valence-electron chi connectivity index (χ2n) is 12.3. The average Bonchev–Trinajstić information content (AvgIpc) is 3.85. The average molecular weight is 675 g/mol. The molecular formula is C38H38N6O4S. The monoisotopic (exact) mass is 674 g/mol. The van der Waals surface area contributed by atoms with E-state index in [-0.39, 0.29) is 23.7 Å². The van der Waals surface area contributed by atoms with Crippen LogP contribution in [0.2, 0.25) is 0 Å². The topological polar surface area (TPSA) is 141 Å². The van der Waals surface area contributed by atoms with Crippen molar-refractivity contribution < 1.29 is 17.9 Å². The molecule has 49 heavy (non-hydrogen) atoms. The number of fused-ring (bicyclic) bond motifs is 2. The number of sulfone groups is 1. The van der Waals surface area contributed by atoms with Gasteiger partial charge in [-0.15, -0.1) is 10.2 Å². The third kappa shape index (κ3) is 5.85. The molecule has 0 unspecified atom stereocenters. The van der Waals surface area contributed by atoms with Crippen molar-refractivity contribution in [2.75, 3.05) is 14.2 Å².